The predicted molar refractivity (Wildman–Crippen MR) is 136 cm³/mol. The van der Waals surface area contributed by atoms with Crippen LogP contribution in [0.25, 0.3) is 20.7 Å². The Bertz CT molecular complexity index is 1480. The topological polar surface area (TPSA) is 90.5 Å². The molecule has 0 atom stereocenters. The van der Waals surface area contributed by atoms with E-state index < -0.39 is 23.8 Å². The molecule has 0 saturated heterocycles. The number of nitrogens with zero attached hydrogens (tertiary/aromatic N) is 2. The Hall–Kier alpha value is -3.30. The van der Waals surface area contributed by atoms with Gasteiger partial charge in [0.2, 0.25) is 0 Å². The summed E-state index contributed by atoms with van der Waals surface area (Å²) < 4.78 is 7.53. The number of carbonyl (C=O) groups excluding carboxylic acids is 1. The number of hydrogen-bond donors (Lipinski definition) is 1. The maximum absolute atomic E-state index is 13.5. The Balaban J connectivity index is 2.00. The smallest absolute Gasteiger partial charge is 0.332 e. The molecule has 0 aliphatic heterocycles. The van der Waals surface area contributed by atoms with Gasteiger partial charge in [-0.3, -0.25) is 14.2 Å². The number of aromatic hydroxyl groups is 1. The summed E-state index contributed by atoms with van der Waals surface area (Å²) in [4.78, 5) is 41.6. The van der Waals surface area contributed by atoms with Crippen molar-refractivity contribution in [2.45, 2.75) is 31.8 Å². The van der Waals surface area contributed by atoms with E-state index in [-0.39, 0.29) is 18.9 Å². The molecular formula is C25H24N2O5S2. The van der Waals surface area contributed by atoms with Gasteiger partial charge in [-0.2, -0.15) is 0 Å². The summed E-state index contributed by atoms with van der Waals surface area (Å²) in [6, 6.07) is 14.5. The summed E-state index contributed by atoms with van der Waals surface area (Å²) in [6.45, 7) is 3.48. The molecule has 0 unspecified atom stereocenters. The van der Waals surface area contributed by atoms with Crippen molar-refractivity contribution >= 4 is 39.3 Å². The van der Waals surface area contributed by atoms with Crippen molar-refractivity contribution in [1.82, 2.24) is 9.13 Å². The number of thiophene rings is 1. The van der Waals surface area contributed by atoms with Crippen LogP contribution in [0.3, 0.4) is 0 Å². The third-order valence-corrected chi connectivity index (χ3v) is 7.74. The van der Waals surface area contributed by atoms with E-state index >= 15 is 0 Å². The minimum absolute atomic E-state index is 0.143. The minimum atomic E-state index is -0.635. The van der Waals surface area contributed by atoms with Crippen molar-refractivity contribution in [1.29, 1.82) is 0 Å². The lowest BCUT2D eigenvalue weighted by atomic mass is 10.1. The number of ether oxygens (including phenoxy) is 1. The maximum Gasteiger partial charge on any atom is 0.332 e. The number of aromatic nitrogens is 2. The number of phenols is 1. The lowest BCUT2D eigenvalue weighted by molar-refractivity contribution is -0.143. The van der Waals surface area contributed by atoms with Crippen LogP contribution in [0.1, 0.15) is 18.1 Å². The van der Waals surface area contributed by atoms with E-state index in [9.17, 15) is 19.5 Å². The van der Waals surface area contributed by atoms with Gasteiger partial charge in [-0.1, -0.05) is 18.2 Å². The lowest BCUT2D eigenvalue weighted by Gasteiger charge is -2.13. The van der Waals surface area contributed by atoms with Gasteiger partial charge in [0.25, 0.3) is 5.56 Å². The van der Waals surface area contributed by atoms with Gasteiger partial charge < -0.3 is 9.84 Å². The zero-order valence-corrected chi connectivity index (χ0v) is 20.7. The van der Waals surface area contributed by atoms with E-state index in [1.165, 1.54) is 11.3 Å². The summed E-state index contributed by atoms with van der Waals surface area (Å²) in [5.41, 5.74) is 1.43. The number of aryl methyl sites for hydroxylation is 1. The van der Waals surface area contributed by atoms with E-state index in [4.69, 9.17) is 4.74 Å². The van der Waals surface area contributed by atoms with Crippen LogP contribution in [-0.4, -0.2) is 33.1 Å². The van der Waals surface area contributed by atoms with E-state index in [2.05, 4.69) is 0 Å². The molecule has 0 amide bonds. The van der Waals surface area contributed by atoms with Crippen molar-refractivity contribution in [3.8, 4) is 16.2 Å². The van der Waals surface area contributed by atoms with Crippen LogP contribution >= 0.6 is 23.1 Å². The minimum Gasteiger partial charge on any atom is -0.508 e. The fourth-order valence-corrected chi connectivity index (χ4v) is 5.81. The fraction of sp³-hybridized carbons (Fsp3) is 0.240. The van der Waals surface area contributed by atoms with Crippen molar-refractivity contribution in [2.75, 3.05) is 12.9 Å². The van der Waals surface area contributed by atoms with Gasteiger partial charge in [-0.05, 0) is 67.1 Å². The second-order valence-corrected chi connectivity index (χ2v) is 9.51. The first-order valence-electron chi connectivity index (χ1n) is 10.7. The standard InChI is InChI=1S/C25H24N2O5S2/c1-4-32-20(29)14-26-23(30)21-15(2)22(16-9-11-18(28)12-10-16)34-24(21)27(25(26)31)13-17-7-5-6-8-19(17)33-3/h5-12,28H,4,13-14H2,1-3H3. The normalized spacial score (nSPS) is 11.1. The Kier molecular flexibility index (Phi) is 6.95. The zero-order chi connectivity index (χ0) is 24.4. The van der Waals surface area contributed by atoms with Crippen LogP contribution in [0.5, 0.6) is 5.75 Å². The van der Waals surface area contributed by atoms with Gasteiger partial charge in [0.1, 0.15) is 17.1 Å². The van der Waals surface area contributed by atoms with Crippen molar-refractivity contribution in [2.24, 2.45) is 0 Å². The molecule has 2 aromatic heterocycles. The number of thioether (sulfide) groups is 1. The molecule has 34 heavy (non-hydrogen) atoms. The molecule has 0 saturated carbocycles. The highest BCUT2D eigenvalue weighted by Gasteiger charge is 2.22. The molecule has 4 rings (SSSR count). The molecule has 176 valence electrons. The number of fused-ring (bicyclic) bond motifs is 1. The third kappa shape index (κ3) is 4.41. The molecule has 0 radical (unpaired) electrons. The molecule has 0 bridgehead atoms. The number of benzene rings is 2. The molecule has 2 aromatic carbocycles. The number of rotatable bonds is 7. The van der Waals surface area contributed by atoms with Crippen LogP contribution < -0.4 is 11.2 Å². The summed E-state index contributed by atoms with van der Waals surface area (Å²) in [5, 5.41) is 10.1. The molecule has 4 aromatic rings. The van der Waals surface area contributed by atoms with E-state index in [0.29, 0.717) is 10.2 Å². The molecule has 0 spiro atoms. The molecule has 1 N–H and O–H groups in total. The van der Waals surface area contributed by atoms with Gasteiger partial charge in [0.15, 0.2) is 0 Å². The summed E-state index contributed by atoms with van der Waals surface area (Å²) in [7, 11) is 0. The van der Waals surface area contributed by atoms with Crippen molar-refractivity contribution < 1.29 is 14.6 Å². The molecule has 7 nitrogen and oxygen atoms in total. The monoisotopic (exact) mass is 496 g/mol. The summed E-state index contributed by atoms with van der Waals surface area (Å²) >= 11 is 2.93. The van der Waals surface area contributed by atoms with Gasteiger partial charge in [-0.25, -0.2) is 9.36 Å². The second kappa shape index (κ2) is 9.90. The molecule has 2 heterocycles. The first-order chi connectivity index (χ1) is 16.3. The fourth-order valence-electron chi connectivity index (χ4n) is 3.90. The van der Waals surface area contributed by atoms with Crippen LogP contribution in [-0.2, 0) is 22.6 Å². The lowest BCUT2D eigenvalue weighted by Crippen LogP contribution is -2.42. The molecule has 0 aliphatic carbocycles. The number of carbonyl (C=O) groups is 1. The molecule has 0 aliphatic rings. The van der Waals surface area contributed by atoms with Gasteiger partial charge >= 0.3 is 11.7 Å². The highest BCUT2D eigenvalue weighted by atomic mass is 32.2. The van der Waals surface area contributed by atoms with Crippen LogP contribution in [0.4, 0.5) is 0 Å². The quantitative estimate of drug-likeness (QED) is 0.304. The Morgan fingerprint density at radius 3 is 2.47 bits per heavy atom. The highest BCUT2D eigenvalue weighted by molar-refractivity contribution is 7.98. The SMILES string of the molecule is CCOC(=O)Cn1c(=O)c2c(C)c(-c3ccc(O)cc3)sc2n(Cc2ccccc2SC)c1=O. The highest BCUT2D eigenvalue weighted by Crippen LogP contribution is 2.37. The molecule has 9 heteroatoms. The summed E-state index contributed by atoms with van der Waals surface area (Å²) in [6.07, 6.45) is 1.97. The zero-order valence-electron chi connectivity index (χ0n) is 19.0. The molecular weight excluding hydrogens is 472 g/mol. The largest absolute Gasteiger partial charge is 0.508 e. The first-order valence-corrected chi connectivity index (χ1v) is 12.7. The Labute approximate surface area is 204 Å². The third-order valence-electron chi connectivity index (χ3n) is 5.54. The average molecular weight is 497 g/mol. The van der Waals surface area contributed by atoms with E-state index in [1.54, 1.807) is 47.5 Å². The van der Waals surface area contributed by atoms with E-state index in [1.807, 2.05) is 37.4 Å². The number of phenolic OH excluding ortho intramolecular Hbond substituents is 1. The molecule has 0 fully saturated rings. The average Bonchev–Trinajstić information content (AvgIpc) is 3.17. The van der Waals surface area contributed by atoms with Crippen LogP contribution in [0.2, 0.25) is 0 Å². The van der Waals surface area contributed by atoms with Gasteiger partial charge in [0.05, 0.1) is 18.5 Å². The van der Waals surface area contributed by atoms with Gasteiger partial charge in [0, 0.05) is 9.77 Å². The van der Waals surface area contributed by atoms with Gasteiger partial charge in [-0.15, -0.1) is 23.1 Å². The van der Waals surface area contributed by atoms with Crippen molar-refractivity contribution in [3.63, 3.8) is 0 Å². The number of esters is 1. The number of hydrogen-bond acceptors (Lipinski definition) is 7. The first kappa shape index (κ1) is 23.8. The van der Waals surface area contributed by atoms with Crippen molar-refractivity contribution in [3.05, 3.63) is 80.5 Å². The predicted octanol–water partition coefficient (Wildman–Crippen LogP) is 4.24. The van der Waals surface area contributed by atoms with Crippen LogP contribution in [0, 0.1) is 6.92 Å². The summed E-state index contributed by atoms with van der Waals surface area (Å²) in [5.74, 6) is -0.492. The van der Waals surface area contributed by atoms with E-state index in [0.717, 1.165) is 31.0 Å². The second-order valence-electron chi connectivity index (χ2n) is 7.66. The van der Waals surface area contributed by atoms with Crippen LogP contribution in [0.15, 0.2) is 63.0 Å². The maximum atomic E-state index is 13.5. The Morgan fingerprint density at radius 2 is 1.79 bits per heavy atom. The Morgan fingerprint density at radius 1 is 1.09 bits per heavy atom.